The lowest BCUT2D eigenvalue weighted by molar-refractivity contribution is 0.488. The third-order valence-electron chi connectivity index (χ3n) is 1.83. The molecule has 0 heterocycles. The summed E-state index contributed by atoms with van der Waals surface area (Å²) in [5, 5.41) is 0. The van der Waals surface area contributed by atoms with Crippen LogP contribution in [0.15, 0.2) is 22.7 Å². The summed E-state index contributed by atoms with van der Waals surface area (Å²) in [4.78, 5) is 0. The van der Waals surface area contributed by atoms with Gasteiger partial charge in [-0.05, 0) is 29.7 Å². The summed E-state index contributed by atoms with van der Waals surface area (Å²) in [6, 6.07) is 5.28. The Morgan fingerprint density at radius 2 is 1.93 bits per heavy atom. The molecule has 0 aliphatic heterocycles. The lowest BCUT2D eigenvalue weighted by Crippen LogP contribution is -2.08. The fourth-order valence-corrected chi connectivity index (χ4v) is 2.07. The number of hydrogen-bond acceptors (Lipinski definition) is 3. The van der Waals surface area contributed by atoms with Crippen molar-refractivity contribution < 1.29 is 12.6 Å². The highest BCUT2D eigenvalue weighted by Gasteiger charge is 2.12. The fraction of sp³-hybridized carbons (Fsp3) is 0.400. The Bertz CT molecular complexity index is 452. The van der Waals surface area contributed by atoms with Crippen LogP contribution in [0.3, 0.4) is 0 Å². The molecule has 1 rings (SSSR count). The van der Waals surface area contributed by atoms with Crippen LogP contribution in [0.5, 0.6) is 5.75 Å². The lowest BCUT2D eigenvalue weighted by Gasteiger charge is -2.12. The van der Waals surface area contributed by atoms with E-state index in [0.29, 0.717) is 5.75 Å². The molecule has 0 fully saturated rings. The highest BCUT2D eigenvalue weighted by atomic mass is 79.9. The van der Waals surface area contributed by atoms with Gasteiger partial charge in [-0.15, -0.1) is 0 Å². The minimum Gasteiger partial charge on any atom is -0.382 e. The molecule has 0 amide bonds. The Hall–Kier alpha value is -0.550. The van der Waals surface area contributed by atoms with Gasteiger partial charge < -0.3 is 4.18 Å². The molecule has 84 valence electrons. The van der Waals surface area contributed by atoms with E-state index in [-0.39, 0.29) is 5.92 Å². The smallest absolute Gasteiger partial charge is 0.306 e. The van der Waals surface area contributed by atoms with E-state index in [2.05, 4.69) is 15.9 Å². The van der Waals surface area contributed by atoms with Crippen molar-refractivity contribution in [3.8, 4) is 5.75 Å². The Labute approximate surface area is 98.7 Å². The van der Waals surface area contributed by atoms with Crippen molar-refractivity contribution in [3.63, 3.8) is 0 Å². The van der Waals surface area contributed by atoms with Crippen LogP contribution in [0.1, 0.15) is 25.3 Å². The van der Waals surface area contributed by atoms with Crippen LogP contribution in [0.25, 0.3) is 0 Å². The highest BCUT2D eigenvalue weighted by Crippen LogP contribution is 2.30. The second-order valence-electron chi connectivity index (χ2n) is 3.62. The molecule has 15 heavy (non-hydrogen) atoms. The van der Waals surface area contributed by atoms with E-state index >= 15 is 0 Å². The normalized spacial score (nSPS) is 11.8. The van der Waals surface area contributed by atoms with E-state index in [1.54, 1.807) is 12.1 Å². The molecular weight excluding hydrogens is 280 g/mol. The standard InChI is InChI=1S/C10H13BrO3S/c1-7(2)9-6-8(11)4-5-10(9)14-15(3,12)13/h4-7H,1-3H3. The van der Waals surface area contributed by atoms with Crippen molar-refractivity contribution in [2.24, 2.45) is 0 Å². The first-order chi connectivity index (χ1) is 6.79. The van der Waals surface area contributed by atoms with Crippen LogP contribution >= 0.6 is 15.9 Å². The molecule has 0 radical (unpaired) electrons. The van der Waals surface area contributed by atoms with Crippen molar-refractivity contribution in [2.45, 2.75) is 19.8 Å². The summed E-state index contributed by atoms with van der Waals surface area (Å²) in [6.45, 7) is 3.97. The van der Waals surface area contributed by atoms with Gasteiger partial charge in [-0.3, -0.25) is 0 Å². The molecule has 1 aromatic carbocycles. The molecule has 1 aromatic rings. The largest absolute Gasteiger partial charge is 0.382 e. The van der Waals surface area contributed by atoms with E-state index in [1.165, 1.54) is 0 Å². The van der Waals surface area contributed by atoms with E-state index in [9.17, 15) is 8.42 Å². The number of rotatable bonds is 3. The zero-order valence-corrected chi connectivity index (χ0v) is 11.2. The number of halogens is 1. The molecule has 0 spiro atoms. The van der Waals surface area contributed by atoms with Gasteiger partial charge in [0, 0.05) is 4.47 Å². The van der Waals surface area contributed by atoms with Gasteiger partial charge in [0.2, 0.25) is 0 Å². The van der Waals surface area contributed by atoms with Crippen LogP contribution in [0.2, 0.25) is 0 Å². The molecule has 3 nitrogen and oxygen atoms in total. The second-order valence-corrected chi connectivity index (χ2v) is 6.11. The molecule has 0 unspecified atom stereocenters. The SMILES string of the molecule is CC(C)c1cc(Br)ccc1OS(C)(=O)=O. The molecule has 0 aromatic heterocycles. The highest BCUT2D eigenvalue weighted by molar-refractivity contribution is 9.10. The van der Waals surface area contributed by atoms with Gasteiger partial charge in [-0.25, -0.2) is 0 Å². The Morgan fingerprint density at radius 3 is 2.40 bits per heavy atom. The van der Waals surface area contributed by atoms with Gasteiger partial charge in [0.15, 0.2) is 0 Å². The number of hydrogen-bond donors (Lipinski definition) is 0. The monoisotopic (exact) mass is 292 g/mol. The Kier molecular flexibility index (Phi) is 3.78. The first kappa shape index (κ1) is 12.5. The maximum atomic E-state index is 11.0. The van der Waals surface area contributed by atoms with Crippen molar-refractivity contribution in [1.29, 1.82) is 0 Å². The van der Waals surface area contributed by atoms with Gasteiger partial charge in [-0.1, -0.05) is 29.8 Å². The summed E-state index contributed by atoms with van der Waals surface area (Å²) >= 11 is 3.34. The van der Waals surface area contributed by atoms with Gasteiger partial charge >= 0.3 is 10.1 Å². The maximum absolute atomic E-state index is 11.0. The van der Waals surface area contributed by atoms with E-state index in [4.69, 9.17) is 4.18 Å². The topological polar surface area (TPSA) is 43.4 Å². The van der Waals surface area contributed by atoms with Crippen molar-refractivity contribution in [3.05, 3.63) is 28.2 Å². The van der Waals surface area contributed by atoms with E-state index < -0.39 is 10.1 Å². The Morgan fingerprint density at radius 1 is 1.33 bits per heavy atom. The van der Waals surface area contributed by atoms with E-state index in [0.717, 1.165) is 16.3 Å². The van der Waals surface area contributed by atoms with Crippen LogP contribution in [0.4, 0.5) is 0 Å². The second kappa shape index (κ2) is 4.53. The predicted molar refractivity (Wildman–Crippen MR) is 63.7 cm³/mol. The summed E-state index contributed by atoms with van der Waals surface area (Å²) in [5.41, 5.74) is 0.870. The molecule has 0 atom stereocenters. The minimum atomic E-state index is -3.46. The van der Waals surface area contributed by atoms with Crippen molar-refractivity contribution in [2.75, 3.05) is 6.26 Å². The lowest BCUT2D eigenvalue weighted by atomic mass is 10.0. The molecule has 0 aliphatic rings. The average Bonchev–Trinajstić information content (AvgIpc) is 2.05. The molecular formula is C10H13BrO3S. The molecule has 5 heteroatoms. The van der Waals surface area contributed by atoms with Crippen molar-refractivity contribution >= 4 is 26.0 Å². The summed E-state index contributed by atoms with van der Waals surface area (Å²) < 4.78 is 27.9. The first-order valence-electron chi connectivity index (χ1n) is 4.48. The Balaban J connectivity index is 3.18. The molecule has 0 N–H and O–H groups in total. The third-order valence-corrected chi connectivity index (χ3v) is 2.81. The molecule has 0 bridgehead atoms. The molecule has 0 saturated heterocycles. The zero-order chi connectivity index (χ0) is 11.6. The third kappa shape index (κ3) is 3.83. The zero-order valence-electron chi connectivity index (χ0n) is 8.82. The quantitative estimate of drug-likeness (QED) is 0.805. The average molecular weight is 293 g/mol. The fourth-order valence-electron chi connectivity index (χ4n) is 1.21. The van der Waals surface area contributed by atoms with Crippen LogP contribution in [0, 0.1) is 0 Å². The maximum Gasteiger partial charge on any atom is 0.306 e. The molecule has 0 saturated carbocycles. The summed E-state index contributed by atoms with van der Waals surface area (Å²) in [7, 11) is -3.46. The van der Waals surface area contributed by atoms with Crippen LogP contribution < -0.4 is 4.18 Å². The van der Waals surface area contributed by atoms with E-state index in [1.807, 2.05) is 19.9 Å². The molecule has 0 aliphatic carbocycles. The van der Waals surface area contributed by atoms with Gasteiger partial charge in [0.05, 0.1) is 6.26 Å². The van der Waals surface area contributed by atoms with Gasteiger partial charge in [0.1, 0.15) is 5.75 Å². The van der Waals surface area contributed by atoms with Gasteiger partial charge in [0.25, 0.3) is 0 Å². The van der Waals surface area contributed by atoms with Crippen molar-refractivity contribution in [1.82, 2.24) is 0 Å². The van der Waals surface area contributed by atoms with Gasteiger partial charge in [-0.2, -0.15) is 8.42 Å². The predicted octanol–water partition coefficient (Wildman–Crippen LogP) is 2.91. The number of benzene rings is 1. The summed E-state index contributed by atoms with van der Waals surface area (Å²) in [5.74, 6) is 0.606. The van der Waals surface area contributed by atoms with Crippen LogP contribution in [-0.2, 0) is 10.1 Å². The van der Waals surface area contributed by atoms with Crippen LogP contribution in [-0.4, -0.2) is 14.7 Å². The minimum absolute atomic E-state index is 0.208. The first-order valence-corrected chi connectivity index (χ1v) is 7.09. The summed E-state index contributed by atoms with van der Waals surface area (Å²) in [6.07, 6.45) is 1.04.